The van der Waals surface area contributed by atoms with Gasteiger partial charge in [0.2, 0.25) is 5.88 Å². The smallest absolute Gasteiger partial charge is 0.213 e. The van der Waals surface area contributed by atoms with Crippen molar-refractivity contribution in [2.75, 3.05) is 0 Å². The Morgan fingerprint density at radius 2 is 2.15 bits per heavy atom. The molecule has 0 aromatic carbocycles. The number of alkyl halides is 1. The molecular weight excluding hydrogens is 186 g/mol. The largest absolute Gasteiger partial charge is 0.475 e. The lowest BCUT2D eigenvalue weighted by atomic mass is 10.2. The van der Waals surface area contributed by atoms with Crippen LogP contribution in [0.25, 0.3) is 0 Å². The van der Waals surface area contributed by atoms with E-state index in [9.17, 15) is 0 Å². The first-order valence-electron chi connectivity index (χ1n) is 4.32. The number of nitrogens with zero attached hydrogens (tertiary/aromatic N) is 1. The van der Waals surface area contributed by atoms with Gasteiger partial charge in [-0.25, -0.2) is 4.98 Å². The van der Waals surface area contributed by atoms with E-state index in [1.54, 1.807) is 0 Å². The van der Waals surface area contributed by atoms with Crippen LogP contribution in [0.1, 0.15) is 25.1 Å². The summed E-state index contributed by atoms with van der Waals surface area (Å²) >= 11 is 5.72. The van der Waals surface area contributed by atoms with Gasteiger partial charge in [-0.15, -0.1) is 11.6 Å². The van der Waals surface area contributed by atoms with Crippen LogP contribution in [0.3, 0.4) is 0 Å². The van der Waals surface area contributed by atoms with Crippen LogP contribution < -0.4 is 4.74 Å². The molecule has 72 valence electrons. The van der Waals surface area contributed by atoms with E-state index in [2.05, 4.69) is 4.98 Å². The maximum atomic E-state index is 5.72. The zero-order chi connectivity index (χ0) is 9.84. The average molecular weight is 200 g/mol. The Labute approximate surface area is 83.9 Å². The van der Waals surface area contributed by atoms with Crippen molar-refractivity contribution in [3.05, 3.63) is 23.4 Å². The second kappa shape index (κ2) is 4.47. The summed E-state index contributed by atoms with van der Waals surface area (Å²) < 4.78 is 5.47. The first kappa shape index (κ1) is 10.3. The number of ether oxygens (including phenoxy) is 1. The van der Waals surface area contributed by atoms with E-state index in [1.165, 1.54) is 0 Å². The fourth-order valence-electron chi connectivity index (χ4n) is 1.09. The summed E-state index contributed by atoms with van der Waals surface area (Å²) in [6.45, 7) is 5.89. The summed E-state index contributed by atoms with van der Waals surface area (Å²) in [5.74, 6) is 1.16. The quantitative estimate of drug-likeness (QED) is 0.699. The van der Waals surface area contributed by atoms with Gasteiger partial charge in [0.25, 0.3) is 0 Å². The molecule has 0 aliphatic rings. The first-order chi connectivity index (χ1) is 6.11. The van der Waals surface area contributed by atoms with Crippen LogP contribution in [0.5, 0.6) is 5.88 Å². The van der Waals surface area contributed by atoms with Crippen molar-refractivity contribution in [2.24, 2.45) is 0 Å². The van der Waals surface area contributed by atoms with Crippen molar-refractivity contribution in [1.82, 2.24) is 4.98 Å². The van der Waals surface area contributed by atoms with Crippen molar-refractivity contribution in [3.8, 4) is 5.88 Å². The van der Waals surface area contributed by atoms with Crippen molar-refractivity contribution < 1.29 is 4.74 Å². The second-order valence-corrected chi connectivity index (χ2v) is 3.52. The Hall–Kier alpha value is -0.760. The zero-order valence-electron chi connectivity index (χ0n) is 8.17. The van der Waals surface area contributed by atoms with E-state index < -0.39 is 0 Å². The van der Waals surface area contributed by atoms with Crippen LogP contribution in [0, 0.1) is 6.92 Å². The number of aryl methyl sites for hydroxylation is 1. The van der Waals surface area contributed by atoms with Gasteiger partial charge in [0.05, 0.1) is 6.10 Å². The molecule has 1 aromatic rings. The van der Waals surface area contributed by atoms with Gasteiger partial charge in [-0.1, -0.05) is 0 Å². The van der Waals surface area contributed by atoms with Crippen LogP contribution in [0.2, 0.25) is 0 Å². The number of hydrogen-bond donors (Lipinski definition) is 0. The number of hydrogen-bond acceptors (Lipinski definition) is 2. The van der Waals surface area contributed by atoms with Gasteiger partial charge in [0, 0.05) is 17.6 Å². The highest BCUT2D eigenvalue weighted by Crippen LogP contribution is 2.15. The average Bonchev–Trinajstić information content (AvgIpc) is 2.01. The molecule has 0 amide bonds. The molecule has 0 saturated heterocycles. The van der Waals surface area contributed by atoms with Gasteiger partial charge in [-0.2, -0.15) is 0 Å². The number of rotatable bonds is 3. The lowest BCUT2D eigenvalue weighted by Crippen LogP contribution is -2.07. The van der Waals surface area contributed by atoms with E-state index in [4.69, 9.17) is 16.3 Å². The SMILES string of the molecule is Cc1cc(CCl)cc(OC(C)C)n1. The van der Waals surface area contributed by atoms with Gasteiger partial charge in [0.15, 0.2) is 0 Å². The Bertz CT molecular complexity index is 286. The maximum Gasteiger partial charge on any atom is 0.213 e. The highest BCUT2D eigenvalue weighted by atomic mass is 35.5. The summed E-state index contributed by atoms with van der Waals surface area (Å²) in [6.07, 6.45) is 0.150. The molecule has 0 N–H and O–H groups in total. The number of halogens is 1. The van der Waals surface area contributed by atoms with Crippen LogP contribution in [-0.2, 0) is 5.88 Å². The third-order valence-electron chi connectivity index (χ3n) is 1.50. The first-order valence-corrected chi connectivity index (χ1v) is 4.85. The van der Waals surface area contributed by atoms with Crippen molar-refractivity contribution in [3.63, 3.8) is 0 Å². The predicted octanol–water partition coefficient (Wildman–Crippen LogP) is 2.92. The predicted molar refractivity (Wildman–Crippen MR) is 54.3 cm³/mol. The third-order valence-corrected chi connectivity index (χ3v) is 1.81. The van der Waals surface area contributed by atoms with Crippen molar-refractivity contribution >= 4 is 11.6 Å². The zero-order valence-corrected chi connectivity index (χ0v) is 8.93. The molecule has 0 bridgehead atoms. The highest BCUT2D eigenvalue weighted by Gasteiger charge is 2.02. The molecule has 0 saturated carbocycles. The molecule has 0 aliphatic carbocycles. The Morgan fingerprint density at radius 3 is 2.69 bits per heavy atom. The van der Waals surface area contributed by atoms with Crippen molar-refractivity contribution in [2.45, 2.75) is 32.8 Å². The lowest BCUT2D eigenvalue weighted by Gasteiger charge is -2.09. The number of aromatic nitrogens is 1. The van der Waals surface area contributed by atoms with Gasteiger partial charge in [-0.3, -0.25) is 0 Å². The summed E-state index contributed by atoms with van der Waals surface area (Å²) in [7, 11) is 0. The van der Waals surface area contributed by atoms with Crippen molar-refractivity contribution in [1.29, 1.82) is 0 Å². The van der Waals surface area contributed by atoms with Crippen LogP contribution in [0.4, 0.5) is 0 Å². The second-order valence-electron chi connectivity index (χ2n) is 3.26. The fraction of sp³-hybridized carbons (Fsp3) is 0.500. The molecule has 0 aliphatic heterocycles. The molecule has 3 heteroatoms. The molecule has 13 heavy (non-hydrogen) atoms. The number of pyridine rings is 1. The molecule has 0 fully saturated rings. The topological polar surface area (TPSA) is 22.1 Å². The van der Waals surface area contributed by atoms with Crippen LogP contribution >= 0.6 is 11.6 Å². The minimum Gasteiger partial charge on any atom is -0.475 e. The summed E-state index contributed by atoms with van der Waals surface area (Å²) in [5.41, 5.74) is 1.98. The normalized spacial score (nSPS) is 10.5. The van der Waals surface area contributed by atoms with Gasteiger partial charge in [-0.05, 0) is 32.4 Å². The molecule has 0 spiro atoms. The molecule has 0 atom stereocenters. The molecule has 1 aromatic heterocycles. The summed E-state index contributed by atoms with van der Waals surface area (Å²) in [5, 5.41) is 0. The summed E-state index contributed by atoms with van der Waals surface area (Å²) in [4.78, 5) is 4.24. The molecular formula is C10H14ClNO. The minimum atomic E-state index is 0.150. The molecule has 1 heterocycles. The van der Waals surface area contributed by atoms with Gasteiger partial charge in [0.1, 0.15) is 0 Å². The molecule has 0 unspecified atom stereocenters. The van der Waals surface area contributed by atoms with Gasteiger partial charge >= 0.3 is 0 Å². The Kier molecular flexibility index (Phi) is 3.55. The monoisotopic (exact) mass is 199 g/mol. The van der Waals surface area contributed by atoms with E-state index in [-0.39, 0.29) is 6.10 Å². The van der Waals surface area contributed by atoms with Crippen LogP contribution in [0.15, 0.2) is 12.1 Å². The highest BCUT2D eigenvalue weighted by molar-refractivity contribution is 6.17. The Balaban J connectivity index is 2.88. The van der Waals surface area contributed by atoms with Gasteiger partial charge < -0.3 is 4.74 Å². The minimum absolute atomic E-state index is 0.150. The fourth-order valence-corrected chi connectivity index (χ4v) is 1.24. The van der Waals surface area contributed by atoms with Crippen LogP contribution in [-0.4, -0.2) is 11.1 Å². The summed E-state index contributed by atoms with van der Waals surface area (Å²) in [6, 6.07) is 3.83. The van der Waals surface area contributed by atoms with E-state index in [0.29, 0.717) is 11.8 Å². The molecule has 1 rings (SSSR count). The lowest BCUT2D eigenvalue weighted by molar-refractivity contribution is 0.232. The van der Waals surface area contributed by atoms with E-state index in [1.807, 2.05) is 32.9 Å². The third kappa shape index (κ3) is 3.23. The van der Waals surface area contributed by atoms with E-state index in [0.717, 1.165) is 11.3 Å². The van der Waals surface area contributed by atoms with E-state index >= 15 is 0 Å². The molecule has 0 radical (unpaired) electrons. The standard InChI is InChI=1S/C10H14ClNO/c1-7(2)13-10-5-9(6-11)4-8(3)12-10/h4-5,7H,6H2,1-3H3. The Morgan fingerprint density at radius 1 is 1.46 bits per heavy atom. The molecule has 2 nitrogen and oxygen atoms in total. The maximum absolute atomic E-state index is 5.72.